The molecule has 1 heterocycles. The Bertz CT molecular complexity index is 775. The quantitative estimate of drug-likeness (QED) is 0.819. The molecule has 0 fully saturated rings. The smallest absolute Gasteiger partial charge is 0.334 e. The van der Waals surface area contributed by atoms with Crippen LogP contribution in [-0.2, 0) is 16.0 Å². The number of rotatable bonds is 4. The predicted octanol–water partition coefficient (Wildman–Crippen LogP) is 2.99. The van der Waals surface area contributed by atoms with Gasteiger partial charge in [-0.1, -0.05) is 12.1 Å². The SMILES string of the molecule is CC1=C(C(=O)O)C(c2cccc(C#N)c2)C([S+]([O-])C(C)C)=C(C)N1. The van der Waals surface area contributed by atoms with Gasteiger partial charge in [0.25, 0.3) is 0 Å². The van der Waals surface area contributed by atoms with Gasteiger partial charge in [-0.2, -0.15) is 5.26 Å². The third-order valence-electron chi connectivity index (χ3n) is 3.92. The van der Waals surface area contributed by atoms with Crippen LogP contribution in [0.4, 0.5) is 0 Å². The topological polar surface area (TPSA) is 96.2 Å². The predicted molar refractivity (Wildman–Crippen MR) is 93.3 cm³/mol. The molecule has 1 aromatic carbocycles. The number of hydrogen-bond acceptors (Lipinski definition) is 4. The molecule has 1 aliphatic heterocycles. The Balaban J connectivity index is 2.71. The molecule has 0 spiro atoms. The summed E-state index contributed by atoms with van der Waals surface area (Å²) < 4.78 is 12.9. The summed E-state index contributed by atoms with van der Waals surface area (Å²) in [5, 5.41) is 21.7. The van der Waals surface area contributed by atoms with Gasteiger partial charge in [-0.15, -0.1) is 0 Å². The minimum absolute atomic E-state index is 0.146. The number of hydrogen-bond donors (Lipinski definition) is 2. The summed E-state index contributed by atoms with van der Waals surface area (Å²) in [6, 6.07) is 8.89. The zero-order chi connectivity index (χ0) is 18.0. The molecule has 0 radical (unpaired) electrons. The highest BCUT2D eigenvalue weighted by Crippen LogP contribution is 2.42. The van der Waals surface area contributed by atoms with Crippen LogP contribution in [0.25, 0.3) is 0 Å². The molecule has 0 amide bonds. The standard InChI is InChI=1S/C18H20N2O3S/c1-10(2)24(23)17-12(4)20-11(3)15(18(21)22)16(17)14-7-5-6-13(8-14)9-19/h5-8,10,16,20H,1-4H3,(H,21,22). The van der Waals surface area contributed by atoms with Crippen LogP contribution >= 0.6 is 0 Å². The molecule has 2 N–H and O–H groups in total. The fourth-order valence-corrected chi connectivity index (χ4v) is 4.23. The Morgan fingerprint density at radius 3 is 2.58 bits per heavy atom. The lowest BCUT2D eigenvalue weighted by Crippen LogP contribution is -2.33. The monoisotopic (exact) mass is 344 g/mol. The van der Waals surface area contributed by atoms with Crippen molar-refractivity contribution in [3.8, 4) is 6.07 Å². The fourth-order valence-electron chi connectivity index (χ4n) is 2.88. The summed E-state index contributed by atoms with van der Waals surface area (Å²) in [6.45, 7) is 7.18. The van der Waals surface area contributed by atoms with Crippen molar-refractivity contribution in [2.45, 2.75) is 38.9 Å². The minimum Gasteiger partial charge on any atom is -0.611 e. The Morgan fingerprint density at radius 2 is 2.04 bits per heavy atom. The van der Waals surface area contributed by atoms with Crippen molar-refractivity contribution < 1.29 is 14.5 Å². The minimum atomic E-state index is -1.34. The number of carboxylic acid groups (broad SMARTS) is 1. The number of carbonyl (C=O) groups is 1. The van der Waals surface area contributed by atoms with Crippen molar-refractivity contribution in [2.75, 3.05) is 0 Å². The normalized spacial score (nSPS) is 19.1. The van der Waals surface area contributed by atoms with E-state index in [1.807, 2.05) is 13.8 Å². The van der Waals surface area contributed by atoms with E-state index in [1.165, 1.54) is 0 Å². The summed E-state index contributed by atoms with van der Waals surface area (Å²) >= 11 is -1.34. The number of nitrogens with one attached hydrogen (secondary N) is 1. The molecule has 1 aliphatic rings. The molecule has 0 bridgehead atoms. The summed E-state index contributed by atoms with van der Waals surface area (Å²) in [7, 11) is 0. The molecule has 2 atom stereocenters. The Morgan fingerprint density at radius 1 is 1.38 bits per heavy atom. The fraction of sp³-hybridized carbons (Fsp3) is 0.333. The first-order valence-corrected chi connectivity index (χ1v) is 8.81. The highest BCUT2D eigenvalue weighted by atomic mass is 32.2. The van der Waals surface area contributed by atoms with Crippen LogP contribution < -0.4 is 5.32 Å². The van der Waals surface area contributed by atoms with Gasteiger partial charge < -0.3 is 15.0 Å². The Labute approximate surface area is 144 Å². The van der Waals surface area contributed by atoms with Crippen LogP contribution in [-0.4, -0.2) is 20.9 Å². The van der Waals surface area contributed by atoms with Crippen LogP contribution in [0.3, 0.4) is 0 Å². The average molecular weight is 344 g/mol. The molecule has 24 heavy (non-hydrogen) atoms. The zero-order valence-corrected chi connectivity index (χ0v) is 14.9. The maximum absolute atomic E-state index is 12.9. The van der Waals surface area contributed by atoms with E-state index in [0.29, 0.717) is 27.4 Å². The second-order valence-corrected chi connectivity index (χ2v) is 7.95. The molecule has 5 nitrogen and oxygen atoms in total. The van der Waals surface area contributed by atoms with Gasteiger partial charge in [-0.3, -0.25) is 0 Å². The highest BCUT2D eigenvalue weighted by molar-refractivity contribution is 7.95. The molecular weight excluding hydrogens is 324 g/mol. The van der Waals surface area contributed by atoms with Gasteiger partial charge in [0.05, 0.1) is 28.8 Å². The van der Waals surface area contributed by atoms with E-state index >= 15 is 0 Å². The number of benzene rings is 1. The lowest BCUT2D eigenvalue weighted by Gasteiger charge is -2.32. The summed E-state index contributed by atoms with van der Waals surface area (Å²) in [4.78, 5) is 12.4. The summed E-state index contributed by atoms with van der Waals surface area (Å²) in [5.41, 5.74) is 2.50. The van der Waals surface area contributed by atoms with E-state index in [1.54, 1.807) is 38.1 Å². The van der Waals surface area contributed by atoms with Gasteiger partial charge in [-0.05, 0) is 56.6 Å². The maximum atomic E-state index is 12.9. The van der Waals surface area contributed by atoms with Crippen molar-refractivity contribution in [1.82, 2.24) is 5.32 Å². The van der Waals surface area contributed by atoms with Crippen molar-refractivity contribution in [2.24, 2.45) is 0 Å². The van der Waals surface area contributed by atoms with Gasteiger partial charge in [0.15, 0.2) is 4.91 Å². The number of carboxylic acids is 1. The van der Waals surface area contributed by atoms with Crippen LogP contribution in [0.5, 0.6) is 0 Å². The Kier molecular flexibility index (Phi) is 5.37. The lowest BCUT2D eigenvalue weighted by molar-refractivity contribution is -0.133. The van der Waals surface area contributed by atoms with Crippen molar-refractivity contribution >= 4 is 17.1 Å². The summed E-state index contributed by atoms with van der Waals surface area (Å²) in [6.07, 6.45) is 0. The van der Waals surface area contributed by atoms with Crippen molar-refractivity contribution in [1.29, 1.82) is 5.26 Å². The lowest BCUT2D eigenvalue weighted by atomic mass is 9.86. The Hall–Kier alpha value is -2.23. The van der Waals surface area contributed by atoms with E-state index < -0.39 is 23.1 Å². The van der Waals surface area contributed by atoms with E-state index in [9.17, 15) is 14.5 Å². The maximum Gasteiger partial charge on any atom is 0.334 e. The van der Waals surface area contributed by atoms with Gasteiger partial charge in [0.1, 0.15) is 5.25 Å². The third-order valence-corrected chi connectivity index (χ3v) is 5.76. The van der Waals surface area contributed by atoms with E-state index in [4.69, 9.17) is 5.26 Å². The average Bonchev–Trinajstić information content (AvgIpc) is 2.53. The second kappa shape index (κ2) is 7.12. The molecule has 6 heteroatoms. The van der Waals surface area contributed by atoms with Crippen LogP contribution in [0.2, 0.25) is 0 Å². The third kappa shape index (κ3) is 3.32. The van der Waals surface area contributed by atoms with Gasteiger partial charge in [0.2, 0.25) is 0 Å². The number of allylic oxidation sites excluding steroid dienone is 3. The van der Waals surface area contributed by atoms with Crippen molar-refractivity contribution in [3.63, 3.8) is 0 Å². The number of nitriles is 1. The number of dihydropyridines is 1. The van der Waals surface area contributed by atoms with Crippen LogP contribution in [0, 0.1) is 11.3 Å². The van der Waals surface area contributed by atoms with Gasteiger partial charge in [0, 0.05) is 5.70 Å². The molecule has 126 valence electrons. The number of aliphatic carboxylic acids is 1. The van der Waals surface area contributed by atoms with Gasteiger partial charge >= 0.3 is 5.97 Å². The van der Waals surface area contributed by atoms with Crippen molar-refractivity contribution in [3.05, 3.63) is 57.3 Å². The summed E-state index contributed by atoms with van der Waals surface area (Å²) in [5.74, 6) is -1.70. The van der Waals surface area contributed by atoms with E-state index in [2.05, 4.69) is 11.4 Å². The van der Waals surface area contributed by atoms with Crippen LogP contribution in [0.15, 0.2) is 46.1 Å². The van der Waals surface area contributed by atoms with Crippen LogP contribution in [0.1, 0.15) is 44.7 Å². The molecule has 2 rings (SSSR count). The molecule has 0 aliphatic carbocycles. The first kappa shape index (κ1) is 18.1. The van der Waals surface area contributed by atoms with E-state index in [-0.39, 0.29) is 10.8 Å². The highest BCUT2D eigenvalue weighted by Gasteiger charge is 2.40. The molecule has 0 aromatic heterocycles. The molecular formula is C18H20N2O3S. The molecule has 0 saturated heterocycles. The van der Waals surface area contributed by atoms with Gasteiger partial charge in [-0.25, -0.2) is 4.79 Å². The zero-order valence-electron chi connectivity index (χ0n) is 14.1. The molecule has 1 aromatic rings. The molecule has 0 saturated carbocycles. The largest absolute Gasteiger partial charge is 0.611 e. The second-order valence-electron chi connectivity index (χ2n) is 5.97. The first-order valence-electron chi connectivity index (χ1n) is 7.60. The molecule has 2 unspecified atom stereocenters. The first-order chi connectivity index (χ1) is 11.3. The van der Waals surface area contributed by atoms with E-state index in [0.717, 1.165) is 0 Å². The number of nitrogens with zero attached hydrogens (tertiary/aromatic N) is 1.